The third-order valence-electron chi connectivity index (χ3n) is 3.74. The van der Waals surface area contributed by atoms with Gasteiger partial charge in [0.05, 0.1) is 24.6 Å². The van der Waals surface area contributed by atoms with E-state index in [9.17, 15) is 0 Å². The first-order valence-electron chi connectivity index (χ1n) is 7.07. The smallest absolute Gasteiger partial charge is 0.0803 e. The average Bonchev–Trinajstić information content (AvgIpc) is 3.19. The van der Waals surface area contributed by atoms with E-state index in [4.69, 9.17) is 4.74 Å². The van der Waals surface area contributed by atoms with Crippen LogP contribution in [-0.2, 0) is 11.2 Å². The maximum absolute atomic E-state index is 5.38. The van der Waals surface area contributed by atoms with Crippen molar-refractivity contribution in [1.29, 1.82) is 0 Å². The number of rotatable bonds is 6. The lowest BCUT2D eigenvalue weighted by Gasteiger charge is -2.12. The maximum Gasteiger partial charge on any atom is 0.0803 e. The maximum atomic E-state index is 5.38. The fourth-order valence-corrected chi connectivity index (χ4v) is 3.19. The zero-order valence-electron chi connectivity index (χ0n) is 11.6. The number of ether oxygens (including phenoxy) is 1. The van der Waals surface area contributed by atoms with Crippen LogP contribution in [0.3, 0.4) is 0 Å². The Morgan fingerprint density at radius 1 is 1.55 bits per heavy atom. The number of allylic oxidation sites excluding steroid dienone is 1. The molecule has 0 amide bonds. The molecule has 0 aliphatic carbocycles. The van der Waals surface area contributed by atoms with Gasteiger partial charge in [-0.25, -0.2) is 0 Å². The van der Waals surface area contributed by atoms with Crippen molar-refractivity contribution in [2.75, 3.05) is 26.3 Å². The fraction of sp³-hybridized carbons (Fsp3) is 0.438. The van der Waals surface area contributed by atoms with Gasteiger partial charge in [-0.15, -0.1) is 0 Å². The summed E-state index contributed by atoms with van der Waals surface area (Å²) in [7, 11) is 0. The highest BCUT2D eigenvalue weighted by Crippen LogP contribution is 2.17. The van der Waals surface area contributed by atoms with E-state index >= 15 is 0 Å². The Bertz CT molecular complexity index is 525. The van der Waals surface area contributed by atoms with Crippen LogP contribution >= 0.6 is 11.3 Å². The van der Waals surface area contributed by atoms with E-state index in [1.807, 2.05) is 0 Å². The van der Waals surface area contributed by atoms with Crippen molar-refractivity contribution in [3.8, 4) is 0 Å². The molecule has 0 spiro atoms. The van der Waals surface area contributed by atoms with Crippen LogP contribution in [0, 0.1) is 5.92 Å². The Balaban J connectivity index is 1.49. The summed E-state index contributed by atoms with van der Waals surface area (Å²) < 4.78 is 5.38. The van der Waals surface area contributed by atoms with E-state index in [1.165, 1.54) is 11.1 Å². The molecule has 106 valence electrons. The Hall–Kier alpha value is -1.39. The lowest BCUT2D eigenvalue weighted by Crippen LogP contribution is -2.25. The van der Waals surface area contributed by atoms with E-state index < -0.39 is 0 Å². The molecular weight excluding hydrogens is 268 g/mol. The van der Waals surface area contributed by atoms with E-state index in [0.29, 0.717) is 5.92 Å². The van der Waals surface area contributed by atoms with Crippen LogP contribution in [0.2, 0.25) is 0 Å². The molecule has 1 aromatic heterocycles. The second-order valence-corrected chi connectivity index (χ2v) is 6.18. The third kappa shape index (κ3) is 3.38. The zero-order chi connectivity index (χ0) is 13.8. The first-order chi connectivity index (χ1) is 9.81. The Kier molecular flexibility index (Phi) is 4.33. The van der Waals surface area contributed by atoms with Gasteiger partial charge in [0.25, 0.3) is 0 Å². The van der Waals surface area contributed by atoms with E-state index in [0.717, 1.165) is 50.6 Å². The number of hydrogen-bond donors (Lipinski definition) is 1. The summed E-state index contributed by atoms with van der Waals surface area (Å²) in [5.41, 5.74) is 4.69. The lowest BCUT2D eigenvalue weighted by atomic mass is 10.1. The largest absolute Gasteiger partial charge is 0.383 e. The molecule has 1 aromatic rings. The molecule has 0 saturated carbocycles. The van der Waals surface area contributed by atoms with Crippen LogP contribution in [0.4, 0.5) is 0 Å². The highest BCUT2D eigenvalue weighted by atomic mass is 32.1. The van der Waals surface area contributed by atoms with Crippen LogP contribution in [0.1, 0.15) is 12.0 Å². The number of nitrogens with zero attached hydrogens (tertiary/aromatic N) is 1. The summed E-state index contributed by atoms with van der Waals surface area (Å²) in [5, 5.41) is 7.72. The molecule has 1 N–H and O–H groups in total. The summed E-state index contributed by atoms with van der Waals surface area (Å²) in [4.78, 5) is 4.58. The van der Waals surface area contributed by atoms with Crippen LogP contribution < -0.4 is 5.32 Å². The van der Waals surface area contributed by atoms with Crippen LogP contribution in [0.5, 0.6) is 0 Å². The topological polar surface area (TPSA) is 33.6 Å². The van der Waals surface area contributed by atoms with Gasteiger partial charge >= 0.3 is 0 Å². The van der Waals surface area contributed by atoms with Crippen molar-refractivity contribution in [3.63, 3.8) is 0 Å². The molecule has 4 heteroatoms. The van der Waals surface area contributed by atoms with Gasteiger partial charge in [0, 0.05) is 19.1 Å². The van der Waals surface area contributed by atoms with Crippen LogP contribution in [0.25, 0.3) is 0 Å². The van der Waals surface area contributed by atoms with Gasteiger partial charge in [0.1, 0.15) is 0 Å². The predicted molar refractivity (Wildman–Crippen MR) is 84.5 cm³/mol. The molecule has 3 rings (SSSR count). The molecule has 0 aromatic carbocycles. The molecule has 1 saturated heterocycles. The van der Waals surface area contributed by atoms with Gasteiger partial charge in [-0.05, 0) is 46.9 Å². The van der Waals surface area contributed by atoms with Gasteiger partial charge < -0.3 is 10.1 Å². The van der Waals surface area contributed by atoms with Gasteiger partial charge in [0.2, 0.25) is 0 Å². The third-order valence-corrected chi connectivity index (χ3v) is 4.47. The minimum atomic E-state index is 0.614. The molecule has 0 radical (unpaired) electrons. The summed E-state index contributed by atoms with van der Waals surface area (Å²) in [6.07, 6.45) is 4.32. The van der Waals surface area contributed by atoms with Crippen molar-refractivity contribution in [3.05, 3.63) is 46.3 Å². The van der Waals surface area contributed by atoms with Crippen molar-refractivity contribution in [2.45, 2.75) is 12.8 Å². The molecule has 3 heterocycles. The molecule has 0 bridgehead atoms. The first-order valence-corrected chi connectivity index (χ1v) is 8.01. The number of nitrogens with one attached hydrogen (secondary N) is 1. The molecule has 1 unspecified atom stereocenters. The van der Waals surface area contributed by atoms with Crippen LogP contribution in [0.15, 0.2) is 45.7 Å². The summed E-state index contributed by atoms with van der Waals surface area (Å²) in [5.74, 6) is 0.614. The standard InChI is InChI=1S/C16H20N2OS/c1-12(17-8-14-2-4-19-10-14)16-7-15(9-18-16)6-13-3-5-20-11-13/h3,5,7,11,14,17H,1-2,4,6,8-10H2. The molecule has 1 atom stereocenters. The van der Waals surface area contributed by atoms with Gasteiger partial charge in [0.15, 0.2) is 0 Å². The Labute approximate surface area is 124 Å². The average molecular weight is 288 g/mol. The van der Waals surface area contributed by atoms with E-state index in [2.05, 4.69) is 39.8 Å². The summed E-state index contributed by atoms with van der Waals surface area (Å²) in [6.45, 7) is 7.60. The molecular formula is C16H20N2OS. The second kappa shape index (κ2) is 6.37. The van der Waals surface area contributed by atoms with Gasteiger partial charge in [-0.2, -0.15) is 11.3 Å². The summed E-state index contributed by atoms with van der Waals surface area (Å²) in [6, 6.07) is 2.18. The van der Waals surface area contributed by atoms with Crippen molar-refractivity contribution in [1.82, 2.24) is 5.32 Å². The number of hydrogen-bond acceptors (Lipinski definition) is 4. The summed E-state index contributed by atoms with van der Waals surface area (Å²) >= 11 is 1.75. The van der Waals surface area contributed by atoms with Crippen molar-refractivity contribution >= 4 is 17.0 Å². The molecule has 3 nitrogen and oxygen atoms in total. The van der Waals surface area contributed by atoms with E-state index in [-0.39, 0.29) is 0 Å². The predicted octanol–water partition coefficient (Wildman–Crippen LogP) is 2.81. The molecule has 2 aliphatic rings. The normalized spacial score (nSPS) is 21.7. The highest BCUT2D eigenvalue weighted by Gasteiger charge is 2.17. The molecule has 2 aliphatic heterocycles. The molecule has 20 heavy (non-hydrogen) atoms. The number of thiophene rings is 1. The monoisotopic (exact) mass is 288 g/mol. The Morgan fingerprint density at radius 2 is 2.50 bits per heavy atom. The van der Waals surface area contributed by atoms with E-state index in [1.54, 1.807) is 11.3 Å². The van der Waals surface area contributed by atoms with Crippen LogP contribution in [-0.4, -0.2) is 32.0 Å². The van der Waals surface area contributed by atoms with Gasteiger partial charge in [-0.3, -0.25) is 4.99 Å². The zero-order valence-corrected chi connectivity index (χ0v) is 12.4. The SMILES string of the molecule is C=C(NCC1CCOC1)C1=NCC(Cc2ccsc2)=C1. The van der Waals surface area contributed by atoms with Crippen molar-refractivity contribution in [2.24, 2.45) is 10.9 Å². The molecule has 1 fully saturated rings. The first kappa shape index (κ1) is 13.6. The highest BCUT2D eigenvalue weighted by molar-refractivity contribution is 7.07. The van der Waals surface area contributed by atoms with Gasteiger partial charge in [-0.1, -0.05) is 6.58 Å². The Morgan fingerprint density at radius 3 is 3.25 bits per heavy atom. The van der Waals surface area contributed by atoms with Crippen molar-refractivity contribution < 1.29 is 4.74 Å². The fourth-order valence-electron chi connectivity index (χ4n) is 2.52. The second-order valence-electron chi connectivity index (χ2n) is 5.40. The minimum Gasteiger partial charge on any atom is -0.383 e. The quantitative estimate of drug-likeness (QED) is 0.873. The minimum absolute atomic E-state index is 0.614. The lowest BCUT2D eigenvalue weighted by molar-refractivity contribution is 0.186. The number of aliphatic imine (C=N–C) groups is 1.